The molecule has 0 aliphatic carbocycles. The van der Waals surface area contributed by atoms with Crippen molar-refractivity contribution in [1.29, 1.82) is 0 Å². The second kappa shape index (κ2) is 6.68. The molecule has 0 atom stereocenters. The molecule has 0 radical (unpaired) electrons. The highest BCUT2D eigenvalue weighted by Gasteiger charge is 2.02. The molecule has 0 saturated carbocycles. The monoisotopic (exact) mass is 283 g/mol. The van der Waals surface area contributed by atoms with Crippen LogP contribution in [0.5, 0.6) is 0 Å². The largest absolute Gasteiger partial charge is 0.377 e. The van der Waals surface area contributed by atoms with Crippen molar-refractivity contribution in [1.82, 2.24) is 9.36 Å². The first-order valence-electron chi connectivity index (χ1n) is 5.58. The zero-order chi connectivity index (χ0) is 12.8. The molecule has 4 nitrogen and oxygen atoms in total. The molecule has 0 fully saturated rings. The van der Waals surface area contributed by atoms with Gasteiger partial charge in [0.1, 0.15) is 6.61 Å². The number of aromatic nitrogens is 2. The van der Waals surface area contributed by atoms with Gasteiger partial charge in [0.05, 0.1) is 0 Å². The molecule has 6 heteroatoms. The van der Waals surface area contributed by atoms with E-state index in [4.69, 9.17) is 16.3 Å². The summed E-state index contributed by atoms with van der Waals surface area (Å²) < 4.78 is 9.14. The summed E-state index contributed by atoms with van der Waals surface area (Å²) in [6.07, 6.45) is 0.927. The van der Waals surface area contributed by atoms with Gasteiger partial charge < -0.3 is 10.1 Å². The molecule has 0 spiro atoms. The predicted octanol–water partition coefficient (Wildman–Crippen LogP) is 2.99. The van der Waals surface area contributed by atoms with Crippen molar-refractivity contribution in [2.24, 2.45) is 0 Å². The Labute approximate surface area is 115 Å². The number of ether oxygens (including phenoxy) is 1. The van der Waals surface area contributed by atoms with E-state index in [0.717, 1.165) is 28.9 Å². The molecule has 0 aliphatic rings. The number of hydrogen-bond donors (Lipinski definition) is 1. The van der Waals surface area contributed by atoms with E-state index in [1.54, 1.807) is 7.11 Å². The molecular formula is C12H14ClN3OS. The van der Waals surface area contributed by atoms with E-state index in [1.807, 2.05) is 24.3 Å². The number of nitrogens with one attached hydrogen (secondary N) is 1. The molecule has 1 aromatic carbocycles. The van der Waals surface area contributed by atoms with E-state index in [0.29, 0.717) is 6.61 Å². The summed E-state index contributed by atoms with van der Waals surface area (Å²) in [5.74, 6) is 0.719. The van der Waals surface area contributed by atoms with Crippen molar-refractivity contribution in [2.45, 2.75) is 13.0 Å². The molecular weight excluding hydrogens is 270 g/mol. The fourth-order valence-electron chi connectivity index (χ4n) is 1.48. The standard InChI is InChI=1S/C12H14ClN3OS/c1-17-8-11-15-12(18-16-11)14-7-6-9-2-4-10(13)5-3-9/h2-5H,6-8H2,1H3,(H,14,15,16). The lowest BCUT2D eigenvalue weighted by molar-refractivity contribution is 0.179. The molecule has 0 saturated heterocycles. The normalized spacial score (nSPS) is 10.6. The second-order valence-electron chi connectivity index (χ2n) is 3.75. The zero-order valence-corrected chi connectivity index (χ0v) is 11.6. The molecule has 0 unspecified atom stereocenters. The van der Waals surface area contributed by atoms with Crippen LogP contribution in [0.25, 0.3) is 0 Å². The number of nitrogens with zero attached hydrogens (tertiary/aromatic N) is 2. The van der Waals surface area contributed by atoms with Crippen molar-refractivity contribution < 1.29 is 4.74 Å². The van der Waals surface area contributed by atoms with E-state index < -0.39 is 0 Å². The van der Waals surface area contributed by atoms with Gasteiger partial charge in [-0.2, -0.15) is 4.37 Å². The quantitative estimate of drug-likeness (QED) is 0.885. The number of halogens is 1. The lowest BCUT2D eigenvalue weighted by Gasteiger charge is -2.02. The third-order valence-electron chi connectivity index (χ3n) is 2.34. The van der Waals surface area contributed by atoms with Gasteiger partial charge in [-0.3, -0.25) is 0 Å². The van der Waals surface area contributed by atoms with Crippen LogP contribution in [0.2, 0.25) is 5.02 Å². The predicted molar refractivity (Wildman–Crippen MR) is 74.3 cm³/mol. The van der Waals surface area contributed by atoms with Crippen LogP contribution in [0.4, 0.5) is 5.13 Å². The maximum atomic E-state index is 5.83. The van der Waals surface area contributed by atoms with Crippen molar-refractivity contribution >= 4 is 28.3 Å². The van der Waals surface area contributed by atoms with Crippen LogP contribution in [-0.2, 0) is 17.8 Å². The molecule has 18 heavy (non-hydrogen) atoms. The summed E-state index contributed by atoms with van der Waals surface area (Å²) in [5.41, 5.74) is 1.24. The van der Waals surface area contributed by atoms with E-state index in [1.165, 1.54) is 17.1 Å². The zero-order valence-electron chi connectivity index (χ0n) is 10.0. The van der Waals surface area contributed by atoms with Gasteiger partial charge in [-0.15, -0.1) is 0 Å². The Bertz CT molecular complexity index is 486. The molecule has 1 aromatic heterocycles. The minimum absolute atomic E-state index is 0.454. The maximum Gasteiger partial charge on any atom is 0.202 e. The minimum atomic E-state index is 0.454. The average Bonchev–Trinajstić information content (AvgIpc) is 2.80. The topological polar surface area (TPSA) is 47.0 Å². The highest BCUT2D eigenvalue weighted by atomic mass is 35.5. The highest BCUT2D eigenvalue weighted by molar-refractivity contribution is 7.09. The highest BCUT2D eigenvalue weighted by Crippen LogP contribution is 2.13. The number of benzene rings is 1. The summed E-state index contributed by atoms with van der Waals surface area (Å²) in [4.78, 5) is 4.30. The molecule has 2 rings (SSSR count). The van der Waals surface area contributed by atoms with E-state index in [-0.39, 0.29) is 0 Å². The first-order valence-corrected chi connectivity index (χ1v) is 6.73. The first kappa shape index (κ1) is 13.3. The molecule has 0 aliphatic heterocycles. The van der Waals surface area contributed by atoms with Crippen LogP contribution in [0, 0.1) is 0 Å². The minimum Gasteiger partial charge on any atom is -0.377 e. The van der Waals surface area contributed by atoms with Crippen LogP contribution in [0.1, 0.15) is 11.4 Å². The fraction of sp³-hybridized carbons (Fsp3) is 0.333. The van der Waals surface area contributed by atoms with Gasteiger partial charge in [0.15, 0.2) is 5.82 Å². The Balaban J connectivity index is 1.79. The molecule has 0 amide bonds. The van der Waals surface area contributed by atoms with E-state index in [2.05, 4.69) is 14.7 Å². The molecule has 1 heterocycles. The van der Waals surface area contributed by atoms with Gasteiger partial charge in [0.2, 0.25) is 5.13 Å². The number of rotatable bonds is 6. The Morgan fingerprint density at radius 2 is 2.11 bits per heavy atom. The molecule has 0 bridgehead atoms. The Morgan fingerprint density at radius 1 is 1.33 bits per heavy atom. The van der Waals surface area contributed by atoms with E-state index >= 15 is 0 Å². The van der Waals surface area contributed by atoms with Crippen molar-refractivity contribution in [3.05, 3.63) is 40.7 Å². The first-order chi connectivity index (χ1) is 8.78. The summed E-state index contributed by atoms with van der Waals surface area (Å²) >= 11 is 7.18. The Kier molecular flexibility index (Phi) is 4.92. The summed E-state index contributed by atoms with van der Waals surface area (Å²) in [7, 11) is 1.63. The van der Waals surface area contributed by atoms with Crippen LogP contribution < -0.4 is 5.32 Å². The number of hydrogen-bond acceptors (Lipinski definition) is 5. The van der Waals surface area contributed by atoms with Crippen molar-refractivity contribution in [3.8, 4) is 0 Å². The maximum absolute atomic E-state index is 5.83. The van der Waals surface area contributed by atoms with Gasteiger partial charge >= 0.3 is 0 Å². The smallest absolute Gasteiger partial charge is 0.202 e. The third-order valence-corrected chi connectivity index (χ3v) is 3.31. The van der Waals surface area contributed by atoms with Crippen LogP contribution in [-0.4, -0.2) is 23.0 Å². The van der Waals surface area contributed by atoms with Crippen LogP contribution in [0.15, 0.2) is 24.3 Å². The van der Waals surface area contributed by atoms with Gasteiger partial charge in [-0.05, 0) is 24.1 Å². The number of anilines is 1. The summed E-state index contributed by atoms with van der Waals surface area (Å²) in [6, 6.07) is 7.86. The van der Waals surface area contributed by atoms with Crippen LogP contribution in [0.3, 0.4) is 0 Å². The summed E-state index contributed by atoms with van der Waals surface area (Å²) in [6.45, 7) is 1.28. The summed E-state index contributed by atoms with van der Waals surface area (Å²) in [5, 5.41) is 4.84. The molecule has 2 aromatic rings. The van der Waals surface area contributed by atoms with Gasteiger partial charge in [-0.25, -0.2) is 4.98 Å². The Hall–Kier alpha value is -1.17. The SMILES string of the molecule is COCc1nsc(NCCc2ccc(Cl)cc2)n1. The van der Waals surface area contributed by atoms with Gasteiger partial charge in [0.25, 0.3) is 0 Å². The average molecular weight is 284 g/mol. The fourth-order valence-corrected chi connectivity index (χ4v) is 2.20. The van der Waals surface area contributed by atoms with Crippen molar-refractivity contribution in [2.75, 3.05) is 19.0 Å². The van der Waals surface area contributed by atoms with E-state index in [9.17, 15) is 0 Å². The lowest BCUT2D eigenvalue weighted by Crippen LogP contribution is -2.04. The number of methoxy groups -OCH3 is 1. The van der Waals surface area contributed by atoms with Gasteiger partial charge in [0, 0.05) is 30.2 Å². The van der Waals surface area contributed by atoms with Crippen LogP contribution >= 0.6 is 23.1 Å². The van der Waals surface area contributed by atoms with Gasteiger partial charge in [-0.1, -0.05) is 23.7 Å². The van der Waals surface area contributed by atoms with Crippen molar-refractivity contribution in [3.63, 3.8) is 0 Å². The molecule has 96 valence electrons. The lowest BCUT2D eigenvalue weighted by atomic mass is 10.1. The Morgan fingerprint density at radius 3 is 2.83 bits per heavy atom. The third kappa shape index (κ3) is 3.94. The molecule has 1 N–H and O–H groups in total. The second-order valence-corrected chi connectivity index (χ2v) is 4.94.